The van der Waals surface area contributed by atoms with Gasteiger partial charge in [0.25, 0.3) is 0 Å². The number of phenols is 1. The first-order chi connectivity index (χ1) is 13.8. The van der Waals surface area contributed by atoms with Crippen molar-refractivity contribution in [3.63, 3.8) is 0 Å². The molecule has 0 fully saturated rings. The van der Waals surface area contributed by atoms with Crippen LogP contribution in [-0.2, 0) is 24.7 Å². The second kappa shape index (κ2) is 6.92. The SMILES string of the molecule is Oc1c(C(F)(F)F)cc2c(sc3c(C(F)(F)F)c(I)c(C(F)(F)F)cc32)c1C(F)(F)F. The number of alkyl halides is 12. The molecular formula is C16H3F12IOS. The first-order valence-corrected chi connectivity index (χ1v) is 9.39. The average Bonchev–Trinajstić information content (AvgIpc) is 2.85. The normalized spacial score (nSPS) is 14.1. The molecule has 3 rings (SSSR count). The number of phenolic OH excluding ortho intramolecular Hbond substituents is 1. The van der Waals surface area contributed by atoms with E-state index in [0.717, 1.165) is 22.6 Å². The highest BCUT2D eigenvalue weighted by atomic mass is 127. The Hall–Kier alpha value is -1.65. The van der Waals surface area contributed by atoms with Crippen molar-refractivity contribution in [3.05, 3.63) is 38.0 Å². The maximum atomic E-state index is 13.5. The minimum Gasteiger partial charge on any atom is -0.507 e. The van der Waals surface area contributed by atoms with E-state index in [4.69, 9.17) is 0 Å². The van der Waals surface area contributed by atoms with Crippen LogP contribution >= 0.6 is 33.9 Å². The summed E-state index contributed by atoms with van der Waals surface area (Å²) in [7, 11) is 0. The van der Waals surface area contributed by atoms with Crippen LogP contribution in [0.3, 0.4) is 0 Å². The van der Waals surface area contributed by atoms with Gasteiger partial charge in [-0.2, -0.15) is 52.7 Å². The van der Waals surface area contributed by atoms with Gasteiger partial charge in [0, 0.05) is 19.0 Å². The third kappa shape index (κ3) is 3.98. The molecule has 1 aromatic heterocycles. The molecule has 0 aliphatic rings. The number of hydrogen-bond donors (Lipinski definition) is 1. The molecule has 1 N–H and O–H groups in total. The number of hydrogen-bond acceptors (Lipinski definition) is 2. The van der Waals surface area contributed by atoms with Crippen LogP contribution in [-0.4, -0.2) is 5.11 Å². The fourth-order valence-electron chi connectivity index (χ4n) is 2.95. The highest BCUT2D eigenvalue weighted by Crippen LogP contribution is 2.54. The van der Waals surface area contributed by atoms with E-state index in [0.29, 0.717) is 0 Å². The van der Waals surface area contributed by atoms with Crippen molar-refractivity contribution in [3.8, 4) is 5.75 Å². The molecule has 0 saturated heterocycles. The smallest absolute Gasteiger partial charge is 0.421 e. The van der Waals surface area contributed by atoms with Crippen LogP contribution in [0.1, 0.15) is 22.3 Å². The molecule has 0 bridgehead atoms. The lowest BCUT2D eigenvalue weighted by Crippen LogP contribution is -2.15. The average molecular weight is 598 g/mol. The van der Waals surface area contributed by atoms with Gasteiger partial charge in [0.2, 0.25) is 0 Å². The van der Waals surface area contributed by atoms with Gasteiger partial charge in [-0.3, -0.25) is 0 Å². The van der Waals surface area contributed by atoms with Crippen molar-refractivity contribution in [2.24, 2.45) is 0 Å². The Morgan fingerprint density at radius 1 is 0.613 bits per heavy atom. The lowest BCUT2D eigenvalue weighted by atomic mass is 9.99. The summed E-state index contributed by atoms with van der Waals surface area (Å²) in [5, 5.41) is 7.36. The third-order valence-corrected chi connectivity index (χ3v) is 6.52. The molecule has 0 saturated carbocycles. The quantitative estimate of drug-likeness (QED) is 0.204. The van der Waals surface area contributed by atoms with Crippen LogP contribution in [0.4, 0.5) is 52.7 Å². The summed E-state index contributed by atoms with van der Waals surface area (Å²) < 4.78 is 157. The molecule has 1 heterocycles. The number of halogens is 13. The monoisotopic (exact) mass is 598 g/mol. The largest absolute Gasteiger partial charge is 0.507 e. The fraction of sp³-hybridized carbons (Fsp3) is 0.250. The summed E-state index contributed by atoms with van der Waals surface area (Å²) in [4.78, 5) is 0. The second-order valence-electron chi connectivity index (χ2n) is 6.11. The van der Waals surface area contributed by atoms with Crippen LogP contribution in [0.2, 0.25) is 0 Å². The first-order valence-electron chi connectivity index (χ1n) is 7.49. The van der Waals surface area contributed by atoms with Gasteiger partial charge in [0.1, 0.15) is 11.3 Å². The van der Waals surface area contributed by atoms with Gasteiger partial charge in [-0.15, -0.1) is 11.3 Å². The van der Waals surface area contributed by atoms with Crippen LogP contribution in [0, 0.1) is 3.57 Å². The zero-order chi connectivity index (χ0) is 23.9. The van der Waals surface area contributed by atoms with Crippen molar-refractivity contribution in [2.75, 3.05) is 0 Å². The van der Waals surface area contributed by atoms with E-state index in [1.807, 2.05) is 0 Å². The van der Waals surface area contributed by atoms with Gasteiger partial charge in [-0.25, -0.2) is 0 Å². The van der Waals surface area contributed by atoms with Gasteiger partial charge in [-0.05, 0) is 34.7 Å². The highest BCUT2D eigenvalue weighted by molar-refractivity contribution is 14.1. The summed E-state index contributed by atoms with van der Waals surface area (Å²) in [6.07, 6.45) is -22.1. The number of thiophene rings is 1. The molecule has 0 amide bonds. The van der Waals surface area contributed by atoms with Crippen molar-refractivity contribution >= 4 is 54.1 Å². The third-order valence-electron chi connectivity index (χ3n) is 4.14. The minimum absolute atomic E-state index is 0.0720. The number of fused-ring (bicyclic) bond motifs is 3. The lowest BCUT2D eigenvalue weighted by molar-refractivity contribution is -0.145. The Kier molecular flexibility index (Phi) is 5.36. The predicted octanol–water partition coefficient (Wildman–Crippen LogP) is 8.44. The van der Waals surface area contributed by atoms with Gasteiger partial charge in [0.05, 0.1) is 21.4 Å². The topological polar surface area (TPSA) is 20.2 Å². The predicted molar refractivity (Wildman–Crippen MR) is 93.7 cm³/mol. The number of benzene rings is 2. The molecule has 3 aromatic rings. The maximum absolute atomic E-state index is 13.5. The number of rotatable bonds is 0. The minimum atomic E-state index is -5.65. The van der Waals surface area contributed by atoms with E-state index in [1.165, 1.54) is 0 Å². The standard InChI is InChI=1S/C16H3F12IOS/c17-13(18,19)5-1-3-4-2-6(14(20,21)22)10(30)8(16(26,27)28)12(4)31-11(3)7(9(5)29)15(23,24)25/h1-2,30H. The Morgan fingerprint density at radius 3 is 1.39 bits per heavy atom. The van der Waals surface area contributed by atoms with Crippen molar-refractivity contribution in [1.29, 1.82) is 0 Å². The zero-order valence-corrected chi connectivity index (χ0v) is 16.9. The van der Waals surface area contributed by atoms with E-state index in [9.17, 15) is 57.8 Å². The van der Waals surface area contributed by atoms with Gasteiger partial charge < -0.3 is 5.11 Å². The summed E-state index contributed by atoms with van der Waals surface area (Å²) in [6, 6.07) is -0.0194. The van der Waals surface area contributed by atoms with Crippen LogP contribution in [0.5, 0.6) is 5.75 Å². The van der Waals surface area contributed by atoms with Crippen LogP contribution < -0.4 is 0 Å². The molecular weight excluding hydrogens is 595 g/mol. The fourth-order valence-corrected chi connectivity index (χ4v) is 5.57. The van der Waals surface area contributed by atoms with E-state index in [-0.39, 0.29) is 23.5 Å². The number of aromatic hydroxyl groups is 1. The molecule has 0 spiro atoms. The van der Waals surface area contributed by atoms with E-state index >= 15 is 0 Å². The molecule has 0 unspecified atom stereocenters. The summed E-state index contributed by atoms with van der Waals surface area (Å²) >= 11 is 0.427. The zero-order valence-electron chi connectivity index (χ0n) is 13.9. The van der Waals surface area contributed by atoms with Crippen LogP contribution in [0.25, 0.3) is 20.2 Å². The molecule has 170 valence electrons. The Balaban J connectivity index is 2.69. The summed E-state index contributed by atoms with van der Waals surface area (Å²) in [6.45, 7) is 0. The molecule has 31 heavy (non-hydrogen) atoms. The Labute approximate surface area is 180 Å². The van der Waals surface area contributed by atoms with E-state index < -0.39 is 76.5 Å². The van der Waals surface area contributed by atoms with Gasteiger partial charge in [0.15, 0.2) is 0 Å². The Morgan fingerprint density at radius 2 is 1.00 bits per heavy atom. The molecule has 15 heteroatoms. The maximum Gasteiger partial charge on any atom is 0.421 e. The Bertz CT molecular complexity index is 1100. The van der Waals surface area contributed by atoms with E-state index in [1.54, 1.807) is 0 Å². The lowest BCUT2D eigenvalue weighted by Gasteiger charge is -2.17. The molecule has 0 radical (unpaired) electrons. The van der Waals surface area contributed by atoms with Crippen molar-refractivity contribution < 1.29 is 57.8 Å². The van der Waals surface area contributed by atoms with Crippen LogP contribution in [0.15, 0.2) is 12.1 Å². The summed E-state index contributed by atoms with van der Waals surface area (Å²) in [5.74, 6) is -2.28. The molecule has 0 aliphatic heterocycles. The molecule has 1 nitrogen and oxygen atoms in total. The van der Waals surface area contributed by atoms with E-state index in [2.05, 4.69) is 0 Å². The molecule has 0 atom stereocenters. The van der Waals surface area contributed by atoms with Crippen molar-refractivity contribution in [1.82, 2.24) is 0 Å². The first kappa shape index (κ1) is 24.0. The second-order valence-corrected chi connectivity index (χ2v) is 8.21. The van der Waals surface area contributed by atoms with Crippen molar-refractivity contribution in [2.45, 2.75) is 24.7 Å². The summed E-state index contributed by atoms with van der Waals surface area (Å²) in [5.41, 5.74) is -8.33. The molecule has 2 aromatic carbocycles. The van der Waals surface area contributed by atoms with Gasteiger partial charge in [-0.1, -0.05) is 0 Å². The highest BCUT2D eigenvalue weighted by Gasteiger charge is 2.46. The molecule has 0 aliphatic carbocycles. The van der Waals surface area contributed by atoms with Gasteiger partial charge >= 0.3 is 24.7 Å².